The van der Waals surface area contributed by atoms with Gasteiger partial charge in [0.1, 0.15) is 5.75 Å². The molecule has 25 heavy (non-hydrogen) atoms. The van der Waals surface area contributed by atoms with Gasteiger partial charge in [0.05, 0.1) is 12.5 Å². The quantitative estimate of drug-likeness (QED) is 0.877. The molecule has 2 atom stereocenters. The van der Waals surface area contributed by atoms with Crippen LogP contribution < -0.4 is 10.1 Å². The predicted molar refractivity (Wildman–Crippen MR) is 102 cm³/mol. The van der Waals surface area contributed by atoms with Crippen LogP contribution in [0.5, 0.6) is 5.75 Å². The van der Waals surface area contributed by atoms with Crippen LogP contribution in [0.1, 0.15) is 36.8 Å². The summed E-state index contributed by atoms with van der Waals surface area (Å²) in [7, 11) is 1.70. The second-order valence-corrected chi connectivity index (χ2v) is 8.42. The van der Waals surface area contributed by atoms with Gasteiger partial charge in [0.2, 0.25) is 0 Å². The van der Waals surface area contributed by atoms with Crippen molar-refractivity contribution < 1.29 is 9.53 Å². The number of amides is 1. The van der Waals surface area contributed by atoms with E-state index in [2.05, 4.69) is 29.3 Å². The topological polar surface area (TPSA) is 41.6 Å². The summed E-state index contributed by atoms with van der Waals surface area (Å²) in [5.41, 5.74) is 3.28. The van der Waals surface area contributed by atoms with E-state index in [0.717, 1.165) is 41.9 Å². The van der Waals surface area contributed by atoms with Crippen molar-refractivity contribution in [2.24, 2.45) is 0 Å². The highest BCUT2D eigenvalue weighted by Gasteiger charge is 2.38. The van der Waals surface area contributed by atoms with E-state index in [1.54, 1.807) is 7.11 Å². The van der Waals surface area contributed by atoms with E-state index in [9.17, 15) is 4.79 Å². The smallest absolute Gasteiger partial charge is 0.252 e. The Bertz CT molecular complexity index is 699. The Balaban J connectivity index is 1.57. The first-order chi connectivity index (χ1) is 12.2. The highest BCUT2D eigenvalue weighted by atomic mass is 32.2. The maximum Gasteiger partial charge on any atom is 0.252 e. The Kier molecular flexibility index (Phi) is 4.78. The van der Waals surface area contributed by atoms with E-state index < -0.39 is 0 Å². The standard InChI is InChI=1S/C20H26N2O2S/c1-13-14(4-3-5-18(13)24-2)12-22(16-7-8-16)20(23)17-9-6-15-10-11-25-19(17)21-15/h3-5,9,15-16,19,21H,6-8,10-12H2,1-2H3. The molecule has 1 N–H and O–H groups in total. The fourth-order valence-corrected chi connectivity index (χ4v) is 5.09. The number of carbonyl (C=O) groups is 1. The second kappa shape index (κ2) is 7.04. The van der Waals surface area contributed by atoms with Gasteiger partial charge >= 0.3 is 0 Å². The fourth-order valence-electron chi connectivity index (χ4n) is 3.77. The summed E-state index contributed by atoms with van der Waals surface area (Å²) in [6.07, 6.45) is 6.61. The molecule has 1 aromatic rings. The van der Waals surface area contributed by atoms with Gasteiger partial charge in [0.25, 0.3) is 5.91 Å². The molecule has 0 aromatic heterocycles. The van der Waals surface area contributed by atoms with Crippen LogP contribution in [0, 0.1) is 6.92 Å². The van der Waals surface area contributed by atoms with E-state index in [4.69, 9.17) is 4.74 Å². The maximum absolute atomic E-state index is 13.3. The van der Waals surface area contributed by atoms with E-state index in [1.807, 2.05) is 23.9 Å². The van der Waals surface area contributed by atoms with Crippen LogP contribution >= 0.6 is 11.8 Å². The Morgan fingerprint density at radius 3 is 2.96 bits per heavy atom. The third-order valence-electron chi connectivity index (χ3n) is 5.49. The molecule has 2 aliphatic heterocycles. The number of nitrogens with zero attached hydrogens (tertiary/aromatic N) is 1. The van der Waals surface area contributed by atoms with Crippen LogP contribution in [0.3, 0.4) is 0 Å². The largest absolute Gasteiger partial charge is 0.496 e. The van der Waals surface area contributed by atoms with Crippen LogP contribution in [0.4, 0.5) is 0 Å². The highest BCUT2D eigenvalue weighted by Crippen LogP contribution is 2.35. The van der Waals surface area contributed by atoms with Gasteiger partial charge < -0.3 is 9.64 Å². The second-order valence-electron chi connectivity index (χ2n) is 7.21. The van der Waals surface area contributed by atoms with Crippen LogP contribution in [0.2, 0.25) is 0 Å². The van der Waals surface area contributed by atoms with Crippen LogP contribution in [0.25, 0.3) is 0 Å². The zero-order valence-corrected chi connectivity index (χ0v) is 15.8. The highest BCUT2D eigenvalue weighted by molar-refractivity contribution is 8.00. The van der Waals surface area contributed by atoms with Crippen molar-refractivity contribution in [3.63, 3.8) is 0 Å². The zero-order chi connectivity index (χ0) is 17.4. The van der Waals surface area contributed by atoms with Gasteiger partial charge in [-0.15, -0.1) is 11.8 Å². The third-order valence-corrected chi connectivity index (χ3v) is 6.69. The van der Waals surface area contributed by atoms with Gasteiger partial charge in [-0.05, 0) is 55.6 Å². The Morgan fingerprint density at radius 2 is 2.20 bits per heavy atom. The minimum absolute atomic E-state index is 0.174. The molecule has 5 heteroatoms. The SMILES string of the molecule is COc1cccc(CN(C(=O)C2=CCC3CCSC2N3)C2CC2)c1C. The molecule has 2 bridgehead atoms. The van der Waals surface area contributed by atoms with Crippen molar-refractivity contribution in [2.45, 2.75) is 56.6 Å². The van der Waals surface area contributed by atoms with Gasteiger partial charge in [0, 0.05) is 24.2 Å². The van der Waals surface area contributed by atoms with E-state index >= 15 is 0 Å². The third kappa shape index (κ3) is 3.44. The average Bonchev–Trinajstić information content (AvgIpc) is 3.46. The minimum Gasteiger partial charge on any atom is -0.496 e. The molecule has 1 saturated heterocycles. The lowest BCUT2D eigenvalue weighted by Gasteiger charge is -2.37. The van der Waals surface area contributed by atoms with E-state index in [-0.39, 0.29) is 11.3 Å². The van der Waals surface area contributed by atoms with Crippen molar-refractivity contribution in [3.05, 3.63) is 41.0 Å². The maximum atomic E-state index is 13.3. The molecule has 1 aliphatic carbocycles. The van der Waals surface area contributed by atoms with Crippen LogP contribution in [0.15, 0.2) is 29.8 Å². The molecule has 2 heterocycles. The van der Waals surface area contributed by atoms with Crippen molar-refractivity contribution in [2.75, 3.05) is 12.9 Å². The number of nitrogens with one attached hydrogen (secondary N) is 1. The molecule has 2 fully saturated rings. The summed E-state index contributed by atoms with van der Waals surface area (Å²) < 4.78 is 5.45. The van der Waals surface area contributed by atoms with Gasteiger partial charge in [-0.2, -0.15) is 0 Å². The molecule has 4 rings (SSSR count). The summed E-state index contributed by atoms with van der Waals surface area (Å²) in [6, 6.07) is 7.05. The van der Waals surface area contributed by atoms with Crippen molar-refractivity contribution in [3.8, 4) is 5.75 Å². The van der Waals surface area contributed by atoms with Gasteiger partial charge in [0.15, 0.2) is 0 Å². The van der Waals surface area contributed by atoms with Crippen LogP contribution in [-0.4, -0.2) is 41.1 Å². The number of carbonyl (C=O) groups excluding carboxylic acids is 1. The Morgan fingerprint density at radius 1 is 1.36 bits per heavy atom. The number of thioether (sulfide) groups is 1. The first-order valence-corrected chi connectivity index (χ1v) is 10.2. The predicted octanol–water partition coefficient (Wildman–Crippen LogP) is 3.25. The molecular formula is C20H26N2O2S. The number of hydrogen-bond donors (Lipinski definition) is 1. The molecule has 1 saturated carbocycles. The number of benzene rings is 1. The van der Waals surface area contributed by atoms with E-state index in [0.29, 0.717) is 18.6 Å². The number of hydrogen-bond acceptors (Lipinski definition) is 4. The van der Waals surface area contributed by atoms with Gasteiger partial charge in [-0.25, -0.2) is 0 Å². The molecule has 1 amide bonds. The first kappa shape index (κ1) is 17.0. The molecule has 3 aliphatic rings. The number of ether oxygens (including phenoxy) is 1. The number of rotatable bonds is 5. The first-order valence-electron chi connectivity index (χ1n) is 9.18. The summed E-state index contributed by atoms with van der Waals surface area (Å²) in [6.45, 7) is 2.75. The molecule has 2 unspecified atom stereocenters. The molecular weight excluding hydrogens is 332 g/mol. The molecule has 1 aromatic carbocycles. The molecule has 134 valence electrons. The Hall–Kier alpha value is -1.46. The molecule has 4 nitrogen and oxygen atoms in total. The summed E-state index contributed by atoms with van der Waals surface area (Å²) >= 11 is 1.87. The molecule has 0 radical (unpaired) electrons. The number of methoxy groups -OCH3 is 1. The van der Waals surface area contributed by atoms with E-state index in [1.165, 1.54) is 12.0 Å². The summed E-state index contributed by atoms with van der Waals surface area (Å²) in [5, 5.41) is 3.79. The lowest BCUT2D eigenvalue weighted by atomic mass is 10.0. The lowest BCUT2D eigenvalue weighted by Crippen LogP contribution is -2.48. The average molecular weight is 359 g/mol. The van der Waals surface area contributed by atoms with Crippen molar-refractivity contribution in [1.29, 1.82) is 0 Å². The Labute approximate surface area is 154 Å². The van der Waals surface area contributed by atoms with Crippen LogP contribution in [-0.2, 0) is 11.3 Å². The summed E-state index contributed by atoms with van der Waals surface area (Å²) in [4.78, 5) is 15.4. The monoisotopic (exact) mass is 358 g/mol. The normalized spacial score (nSPS) is 25.3. The van der Waals surface area contributed by atoms with Crippen molar-refractivity contribution in [1.82, 2.24) is 10.2 Å². The van der Waals surface area contributed by atoms with Gasteiger partial charge in [-0.3, -0.25) is 10.1 Å². The summed E-state index contributed by atoms with van der Waals surface area (Å²) in [5.74, 6) is 2.26. The van der Waals surface area contributed by atoms with Gasteiger partial charge in [-0.1, -0.05) is 18.2 Å². The molecule has 0 spiro atoms. The van der Waals surface area contributed by atoms with Crippen molar-refractivity contribution >= 4 is 17.7 Å². The minimum atomic E-state index is 0.174. The fraction of sp³-hybridized carbons (Fsp3) is 0.550. The number of fused-ring (bicyclic) bond motifs is 2. The lowest BCUT2D eigenvalue weighted by molar-refractivity contribution is -0.128. The zero-order valence-electron chi connectivity index (χ0n) is 15.0.